The Morgan fingerprint density at radius 1 is 0.744 bits per heavy atom. The van der Waals surface area contributed by atoms with Crippen molar-refractivity contribution >= 4 is 19.8 Å². The number of carbonyl (C=O) groups excluding carboxylic acids is 2. The Balaban J connectivity index is -0.00000648. The predicted molar refractivity (Wildman–Crippen MR) is 132 cm³/mol. The Morgan fingerprint density at radius 2 is 1.23 bits per heavy atom. The van der Waals surface area contributed by atoms with E-state index in [1.807, 2.05) is 0 Å². The summed E-state index contributed by atoms with van der Waals surface area (Å²) in [4.78, 5) is 45.2. The van der Waals surface area contributed by atoms with Gasteiger partial charge in [-0.1, -0.05) is 44.9 Å². The smallest absolute Gasteiger partial charge is 0.790 e. The molecule has 0 radical (unpaired) electrons. The SMILES string of the molecule is CC#CC#CC#CC#CC#CC#CC#CC(=O)OC[C@@H](COP(=O)([O-])[O-])OC(=O)CCCCCCCC.[Na+].[Na+]. The number of carbonyl (C=O) groups is 2. The van der Waals surface area contributed by atoms with Crippen LogP contribution in [0.15, 0.2) is 0 Å². The van der Waals surface area contributed by atoms with Gasteiger partial charge in [0.15, 0.2) is 6.10 Å². The summed E-state index contributed by atoms with van der Waals surface area (Å²) in [6, 6.07) is 0. The van der Waals surface area contributed by atoms with Gasteiger partial charge in [0.1, 0.15) is 6.61 Å². The van der Waals surface area contributed by atoms with Crippen molar-refractivity contribution in [2.24, 2.45) is 0 Å². The van der Waals surface area contributed by atoms with Crippen molar-refractivity contribution in [3.05, 3.63) is 0 Å². The molecule has 0 saturated heterocycles. The molecule has 0 bridgehead atoms. The van der Waals surface area contributed by atoms with Crippen molar-refractivity contribution in [1.82, 2.24) is 0 Å². The molecule has 39 heavy (non-hydrogen) atoms. The molecule has 0 aromatic carbocycles. The second-order valence-electron chi connectivity index (χ2n) is 6.85. The molecule has 0 amide bonds. The fourth-order valence-electron chi connectivity index (χ4n) is 2.25. The molecule has 8 nitrogen and oxygen atoms in total. The first kappa shape index (κ1) is 41.5. The van der Waals surface area contributed by atoms with Crippen LogP contribution in [-0.4, -0.2) is 31.3 Å². The van der Waals surface area contributed by atoms with Gasteiger partial charge < -0.3 is 28.3 Å². The van der Waals surface area contributed by atoms with Gasteiger partial charge in [0, 0.05) is 12.3 Å². The third-order valence-corrected chi connectivity index (χ3v) is 4.29. The minimum Gasteiger partial charge on any atom is -0.790 e. The van der Waals surface area contributed by atoms with Crippen molar-refractivity contribution in [2.45, 2.75) is 64.9 Å². The monoisotopic (exact) mass is 566 g/mol. The van der Waals surface area contributed by atoms with Crippen LogP contribution in [-0.2, 0) is 28.2 Å². The van der Waals surface area contributed by atoms with Crippen molar-refractivity contribution < 1.29 is 97.1 Å². The second-order valence-corrected chi connectivity index (χ2v) is 8.00. The molecule has 11 heteroatoms. The maximum absolute atomic E-state index is 12.0. The van der Waals surface area contributed by atoms with E-state index in [9.17, 15) is 23.9 Å². The van der Waals surface area contributed by atoms with Crippen LogP contribution >= 0.6 is 7.82 Å². The van der Waals surface area contributed by atoms with E-state index in [1.165, 1.54) is 0 Å². The van der Waals surface area contributed by atoms with Crippen molar-refractivity contribution in [3.63, 3.8) is 0 Å². The van der Waals surface area contributed by atoms with E-state index in [-0.39, 0.29) is 65.5 Å². The van der Waals surface area contributed by atoms with E-state index in [4.69, 9.17) is 9.47 Å². The predicted octanol–water partition coefficient (Wildman–Crippen LogP) is -4.91. The Labute approximate surface area is 275 Å². The normalized spacial score (nSPS) is 8.92. The van der Waals surface area contributed by atoms with Gasteiger partial charge in [-0.25, -0.2) is 4.79 Å². The molecule has 0 aliphatic heterocycles. The molecule has 0 aliphatic carbocycles. The average Bonchev–Trinajstić information content (AvgIpc) is 2.85. The minimum absolute atomic E-state index is 0. The summed E-state index contributed by atoms with van der Waals surface area (Å²) < 4.78 is 24.8. The molecule has 0 N–H and O–H groups in total. The number of phosphoric ester groups is 1. The average molecular weight is 566 g/mol. The van der Waals surface area contributed by atoms with E-state index in [1.54, 1.807) is 6.92 Å². The molecular weight excluding hydrogens is 541 g/mol. The Bertz CT molecular complexity index is 1250. The molecule has 0 heterocycles. The molecule has 0 rings (SSSR count). The first-order valence-electron chi connectivity index (χ1n) is 11.2. The molecule has 192 valence electrons. The molecule has 1 atom stereocenters. The summed E-state index contributed by atoms with van der Waals surface area (Å²) in [6.45, 7) is 2.41. The summed E-state index contributed by atoms with van der Waals surface area (Å²) in [5.74, 6) is 31.9. The number of phosphoric acid groups is 1. The number of unbranched alkanes of at least 4 members (excludes halogenated alkanes) is 5. The zero-order valence-corrected chi connectivity index (χ0v) is 27.5. The number of ether oxygens (including phenoxy) is 2. The summed E-state index contributed by atoms with van der Waals surface area (Å²) in [6.07, 6.45) is 4.53. The molecular formula is C28H25Na2O8P. The van der Waals surface area contributed by atoms with Crippen LogP contribution in [0, 0.1) is 82.9 Å². The van der Waals surface area contributed by atoms with Gasteiger partial charge >= 0.3 is 71.1 Å². The van der Waals surface area contributed by atoms with Crippen LogP contribution in [0.2, 0.25) is 0 Å². The Morgan fingerprint density at radius 3 is 1.74 bits per heavy atom. The number of hydrogen-bond donors (Lipinski definition) is 0. The molecule has 0 fully saturated rings. The first-order chi connectivity index (χ1) is 17.8. The van der Waals surface area contributed by atoms with Crippen LogP contribution < -0.4 is 68.9 Å². The van der Waals surface area contributed by atoms with Crippen molar-refractivity contribution in [2.75, 3.05) is 13.2 Å². The maximum Gasteiger partial charge on any atom is 1.00 e. The summed E-state index contributed by atoms with van der Waals surface area (Å²) in [7, 11) is -5.31. The van der Waals surface area contributed by atoms with E-state index in [2.05, 4.69) is 94.3 Å². The minimum atomic E-state index is -5.31. The molecule has 0 saturated carbocycles. The van der Waals surface area contributed by atoms with Crippen molar-refractivity contribution in [3.8, 4) is 82.9 Å². The van der Waals surface area contributed by atoms with Crippen LogP contribution in [0.4, 0.5) is 0 Å². The van der Waals surface area contributed by atoms with Gasteiger partial charge in [-0.3, -0.25) is 4.79 Å². The molecule has 0 aromatic heterocycles. The Hall–Kier alpha value is -2.03. The molecule has 0 unspecified atom stereocenters. The molecule has 0 aliphatic rings. The summed E-state index contributed by atoms with van der Waals surface area (Å²) in [5.41, 5.74) is 0. The van der Waals surface area contributed by atoms with E-state index >= 15 is 0 Å². The van der Waals surface area contributed by atoms with Crippen molar-refractivity contribution in [1.29, 1.82) is 0 Å². The topological polar surface area (TPSA) is 125 Å². The van der Waals surface area contributed by atoms with Crippen LogP contribution in [0.25, 0.3) is 0 Å². The third kappa shape index (κ3) is 32.1. The van der Waals surface area contributed by atoms with E-state index in [0.717, 1.165) is 32.1 Å². The fraction of sp³-hybridized carbons (Fsp3) is 0.429. The largest absolute Gasteiger partial charge is 1.00 e. The number of esters is 2. The zero-order valence-electron chi connectivity index (χ0n) is 22.7. The number of hydrogen-bond acceptors (Lipinski definition) is 8. The van der Waals surface area contributed by atoms with Gasteiger partial charge in [-0.05, 0) is 84.4 Å². The number of rotatable bonds is 13. The van der Waals surface area contributed by atoms with Crippen LogP contribution in [0.5, 0.6) is 0 Å². The zero-order chi connectivity index (χ0) is 27.6. The fourth-order valence-corrected chi connectivity index (χ4v) is 2.60. The molecule has 0 aromatic rings. The van der Waals surface area contributed by atoms with Gasteiger partial charge in [0.2, 0.25) is 0 Å². The first-order valence-corrected chi connectivity index (χ1v) is 12.7. The van der Waals surface area contributed by atoms with Crippen LogP contribution in [0.3, 0.4) is 0 Å². The maximum atomic E-state index is 12.0. The second kappa shape index (κ2) is 29.0. The summed E-state index contributed by atoms with van der Waals surface area (Å²) >= 11 is 0. The van der Waals surface area contributed by atoms with Crippen LogP contribution in [0.1, 0.15) is 58.8 Å². The standard InChI is InChI=1S/C28H27O8P.2Na/c1-3-5-7-9-11-12-13-14-15-16-17-19-20-22-27(29)34-24-26(25-35-37(31,32)33)36-28(30)23-21-18-10-8-6-4-2;;/h26H,4,6,8,10,18,21,23-25H2,1-2H3,(H2,31,32,33);;/q;2*+1/p-2/t26-;;/m0../s1. The van der Waals surface area contributed by atoms with Gasteiger partial charge in [-0.15, -0.1) is 0 Å². The Kier molecular flexibility index (Phi) is 30.8. The van der Waals surface area contributed by atoms with Gasteiger partial charge in [0.05, 0.1) is 14.4 Å². The molecule has 0 spiro atoms. The van der Waals surface area contributed by atoms with Gasteiger partial charge in [-0.2, -0.15) is 0 Å². The summed E-state index contributed by atoms with van der Waals surface area (Å²) in [5, 5.41) is 0. The quantitative estimate of drug-likeness (QED) is 0.0543. The van der Waals surface area contributed by atoms with E-state index < -0.39 is 39.1 Å². The van der Waals surface area contributed by atoms with E-state index in [0.29, 0.717) is 6.42 Å². The van der Waals surface area contributed by atoms with Gasteiger partial charge in [0.25, 0.3) is 0 Å². The third-order valence-electron chi connectivity index (χ3n) is 3.83.